The van der Waals surface area contributed by atoms with Crippen LogP contribution in [-0.2, 0) is 16.0 Å². The molecule has 0 aliphatic carbocycles. The van der Waals surface area contributed by atoms with Crippen LogP contribution in [-0.4, -0.2) is 28.0 Å². The van der Waals surface area contributed by atoms with E-state index in [2.05, 4.69) is 18.1 Å². The third-order valence-corrected chi connectivity index (χ3v) is 3.41. The average molecular weight is 288 g/mol. The molecule has 4 nitrogen and oxygen atoms in total. The normalized spacial score (nSPS) is 25.5. The van der Waals surface area contributed by atoms with Gasteiger partial charge in [-0.25, -0.2) is 4.98 Å². The molecule has 2 atom stereocenters. The molecule has 1 saturated heterocycles. The largest absolute Gasteiger partial charge is 0.345 e. The van der Waals surface area contributed by atoms with Gasteiger partial charge in [-0.3, -0.25) is 0 Å². The maximum absolute atomic E-state index is 6.04. The topological polar surface area (TPSA) is 36.3 Å². The van der Waals surface area contributed by atoms with E-state index < -0.39 is 5.79 Å². The van der Waals surface area contributed by atoms with Crippen molar-refractivity contribution >= 4 is 0 Å². The van der Waals surface area contributed by atoms with E-state index in [-0.39, 0.29) is 6.10 Å². The van der Waals surface area contributed by atoms with Crippen LogP contribution in [0.25, 0.3) is 0 Å². The number of rotatable bonds is 7. The molecule has 1 fully saturated rings. The minimum Gasteiger partial charge on any atom is -0.345 e. The molecule has 1 aliphatic heterocycles. The highest BCUT2D eigenvalue weighted by atomic mass is 16.7. The van der Waals surface area contributed by atoms with Gasteiger partial charge in [0.25, 0.3) is 0 Å². The molecule has 1 aliphatic rings. The number of ether oxygens (including phenoxy) is 2. The van der Waals surface area contributed by atoms with Crippen LogP contribution in [0.3, 0.4) is 0 Å². The summed E-state index contributed by atoms with van der Waals surface area (Å²) in [6, 6.07) is 0. The van der Waals surface area contributed by atoms with Crippen LogP contribution in [0.4, 0.5) is 0 Å². The summed E-state index contributed by atoms with van der Waals surface area (Å²) in [5.41, 5.74) is 2.07. The Morgan fingerprint density at radius 2 is 2.29 bits per heavy atom. The van der Waals surface area contributed by atoms with E-state index in [0.717, 1.165) is 24.0 Å². The molecule has 114 valence electrons. The lowest BCUT2D eigenvalue weighted by molar-refractivity contribution is -0.180. The summed E-state index contributed by atoms with van der Waals surface area (Å²) < 4.78 is 14.0. The Bertz CT molecular complexity index is 519. The Morgan fingerprint density at radius 3 is 2.86 bits per heavy atom. The van der Waals surface area contributed by atoms with Crippen molar-refractivity contribution in [1.82, 2.24) is 9.55 Å². The van der Waals surface area contributed by atoms with Gasteiger partial charge < -0.3 is 14.0 Å². The molecule has 1 aromatic heterocycles. The van der Waals surface area contributed by atoms with Crippen LogP contribution < -0.4 is 0 Å². The van der Waals surface area contributed by atoms with Gasteiger partial charge in [0, 0.05) is 18.8 Å². The summed E-state index contributed by atoms with van der Waals surface area (Å²) in [6.07, 6.45) is 11.2. The zero-order valence-corrected chi connectivity index (χ0v) is 12.9. The quantitative estimate of drug-likeness (QED) is 0.721. The fraction of sp³-hybridized carbons (Fsp3) is 0.471. The van der Waals surface area contributed by atoms with Crippen molar-refractivity contribution in [2.24, 2.45) is 0 Å². The van der Waals surface area contributed by atoms with Gasteiger partial charge in [-0.15, -0.1) is 0 Å². The highest BCUT2D eigenvalue weighted by molar-refractivity contribution is 5.22. The third-order valence-electron chi connectivity index (χ3n) is 3.41. The van der Waals surface area contributed by atoms with Gasteiger partial charge in [0.15, 0.2) is 5.79 Å². The number of allylic oxidation sites excluding steroid dienone is 4. The molecule has 4 heteroatoms. The maximum Gasteiger partial charge on any atom is 0.187 e. The highest BCUT2D eigenvalue weighted by Crippen LogP contribution is 2.31. The second kappa shape index (κ2) is 6.87. The lowest BCUT2D eigenvalue weighted by Gasteiger charge is -2.28. The Morgan fingerprint density at radius 1 is 1.48 bits per heavy atom. The first-order chi connectivity index (χ1) is 9.99. The standard InChI is InChI=1S/C17H24N2O2/c1-14(2)5-6-15(3)7-8-17(20-11-16(4)21-17)12-19-10-9-18-13-19/h5-6,9-10,13,16H,1,3,7-8,11-12H2,2,4H3/b6-5-/t16-,17+/m1/s1. The predicted octanol–water partition coefficient (Wildman–Crippen LogP) is 3.48. The van der Waals surface area contributed by atoms with Crippen molar-refractivity contribution in [3.8, 4) is 0 Å². The fourth-order valence-electron chi connectivity index (χ4n) is 2.35. The third kappa shape index (κ3) is 4.69. The summed E-state index contributed by atoms with van der Waals surface area (Å²) in [4.78, 5) is 4.07. The Labute approximate surface area is 126 Å². The van der Waals surface area contributed by atoms with E-state index in [9.17, 15) is 0 Å². The Hall–Kier alpha value is -1.65. The van der Waals surface area contributed by atoms with Crippen LogP contribution in [0.1, 0.15) is 26.7 Å². The molecule has 0 spiro atoms. The summed E-state index contributed by atoms with van der Waals surface area (Å²) >= 11 is 0. The monoisotopic (exact) mass is 288 g/mol. The molecule has 1 aromatic rings. The van der Waals surface area contributed by atoms with Gasteiger partial charge in [0.1, 0.15) is 0 Å². The van der Waals surface area contributed by atoms with Crippen LogP contribution >= 0.6 is 0 Å². The van der Waals surface area contributed by atoms with E-state index >= 15 is 0 Å². The number of aromatic nitrogens is 2. The van der Waals surface area contributed by atoms with E-state index in [1.807, 2.05) is 36.8 Å². The highest BCUT2D eigenvalue weighted by Gasteiger charge is 2.39. The van der Waals surface area contributed by atoms with Gasteiger partial charge in [0.2, 0.25) is 0 Å². The van der Waals surface area contributed by atoms with Crippen LogP contribution in [0.2, 0.25) is 0 Å². The molecular formula is C17H24N2O2. The maximum atomic E-state index is 6.04. The molecule has 0 amide bonds. The van der Waals surface area contributed by atoms with Crippen molar-refractivity contribution < 1.29 is 9.47 Å². The van der Waals surface area contributed by atoms with E-state index in [1.165, 1.54) is 0 Å². The second-order valence-corrected chi connectivity index (χ2v) is 5.72. The molecule has 0 radical (unpaired) electrons. The number of hydrogen-bond donors (Lipinski definition) is 0. The van der Waals surface area contributed by atoms with Crippen LogP contribution in [0.5, 0.6) is 0 Å². The first-order valence-electron chi connectivity index (χ1n) is 7.28. The van der Waals surface area contributed by atoms with Crippen molar-refractivity contribution in [3.05, 3.63) is 55.2 Å². The molecule has 0 saturated carbocycles. The SMILES string of the molecule is C=C(C)/C=C\C(=C)CC[C@]1(Cn2ccnc2)OC[C@@H](C)O1. The minimum absolute atomic E-state index is 0.118. The predicted molar refractivity (Wildman–Crippen MR) is 83.8 cm³/mol. The Balaban J connectivity index is 1.97. The fourth-order valence-corrected chi connectivity index (χ4v) is 2.35. The van der Waals surface area contributed by atoms with Crippen molar-refractivity contribution in [2.75, 3.05) is 6.61 Å². The smallest absolute Gasteiger partial charge is 0.187 e. The van der Waals surface area contributed by atoms with Gasteiger partial charge in [-0.05, 0) is 20.3 Å². The zero-order chi connectivity index (χ0) is 15.3. The number of nitrogens with zero attached hydrogens (tertiary/aromatic N) is 2. The molecule has 0 bridgehead atoms. The summed E-state index contributed by atoms with van der Waals surface area (Å²) in [6.45, 7) is 13.2. The second-order valence-electron chi connectivity index (χ2n) is 5.72. The van der Waals surface area contributed by atoms with Gasteiger partial charge in [-0.1, -0.05) is 36.5 Å². The van der Waals surface area contributed by atoms with Crippen LogP contribution in [0.15, 0.2) is 55.2 Å². The number of hydrogen-bond acceptors (Lipinski definition) is 3. The van der Waals surface area contributed by atoms with Gasteiger partial charge in [0.05, 0.1) is 25.6 Å². The molecule has 21 heavy (non-hydrogen) atoms. The van der Waals surface area contributed by atoms with E-state index in [1.54, 1.807) is 12.5 Å². The van der Waals surface area contributed by atoms with Gasteiger partial charge >= 0.3 is 0 Å². The molecule has 2 rings (SSSR count). The molecule has 0 N–H and O–H groups in total. The number of imidazole rings is 1. The molecular weight excluding hydrogens is 264 g/mol. The average Bonchev–Trinajstić information content (AvgIpc) is 3.05. The summed E-state index contributed by atoms with van der Waals surface area (Å²) in [5.74, 6) is -0.583. The molecule has 2 heterocycles. The Kier molecular flexibility index (Phi) is 5.15. The molecule has 0 aromatic carbocycles. The summed E-state index contributed by atoms with van der Waals surface area (Å²) in [5, 5.41) is 0. The van der Waals surface area contributed by atoms with E-state index in [4.69, 9.17) is 9.47 Å². The van der Waals surface area contributed by atoms with Crippen LogP contribution in [0, 0.1) is 0 Å². The van der Waals surface area contributed by atoms with Crippen molar-refractivity contribution in [1.29, 1.82) is 0 Å². The zero-order valence-electron chi connectivity index (χ0n) is 12.9. The van der Waals surface area contributed by atoms with Crippen molar-refractivity contribution in [2.45, 2.75) is 45.1 Å². The first-order valence-corrected chi connectivity index (χ1v) is 7.28. The van der Waals surface area contributed by atoms with Gasteiger partial charge in [-0.2, -0.15) is 0 Å². The summed E-state index contributed by atoms with van der Waals surface area (Å²) in [7, 11) is 0. The molecule has 0 unspecified atom stereocenters. The first kappa shape index (κ1) is 15.7. The lowest BCUT2D eigenvalue weighted by Crippen LogP contribution is -2.36. The minimum atomic E-state index is -0.583. The lowest BCUT2D eigenvalue weighted by atomic mass is 10.0. The van der Waals surface area contributed by atoms with E-state index in [0.29, 0.717) is 13.2 Å². The van der Waals surface area contributed by atoms with Crippen molar-refractivity contribution in [3.63, 3.8) is 0 Å².